The van der Waals surface area contributed by atoms with Crippen molar-refractivity contribution in [2.75, 3.05) is 18.5 Å². The monoisotopic (exact) mass is 404 g/mol. The minimum Gasteiger partial charge on any atom is -0.493 e. The third-order valence-corrected chi connectivity index (χ3v) is 5.22. The van der Waals surface area contributed by atoms with Gasteiger partial charge in [-0.15, -0.1) is 0 Å². The molecule has 2 N–H and O–H groups in total. The van der Waals surface area contributed by atoms with Gasteiger partial charge < -0.3 is 15.2 Å². The molecule has 30 heavy (non-hydrogen) atoms. The van der Waals surface area contributed by atoms with Gasteiger partial charge in [0.15, 0.2) is 0 Å². The molecule has 1 aliphatic heterocycles. The fraction of sp³-hybridized carbons (Fsp3) is 0.280. The van der Waals surface area contributed by atoms with Crippen LogP contribution in [0.5, 0.6) is 5.75 Å². The first kappa shape index (κ1) is 21.4. The molecule has 0 spiro atoms. The van der Waals surface area contributed by atoms with Crippen molar-refractivity contribution in [1.29, 1.82) is 0 Å². The van der Waals surface area contributed by atoms with Crippen molar-refractivity contribution < 1.29 is 14.6 Å². The zero-order chi connectivity index (χ0) is 21.5. The zero-order valence-electron chi connectivity index (χ0n) is 17.7. The normalized spacial score (nSPS) is 14.6. The lowest BCUT2D eigenvalue weighted by atomic mass is 9.90. The van der Waals surface area contributed by atoms with Gasteiger partial charge in [0, 0.05) is 18.7 Å². The van der Waals surface area contributed by atoms with E-state index in [0.717, 1.165) is 23.3 Å². The SMILES string of the molecule is CC.Cc1ccccc1-c1ccc2c(c1)OCCC2CNc1cnccc1C(=O)O. The van der Waals surface area contributed by atoms with Crippen LogP contribution in [0.2, 0.25) is 0 Å². The second-order valence-electron chi connectivity index (χ2n) is 7.01. The lowest BCUT2D eigenvalue weighted by Crippen LogP contribution is -2.21. The summed E-state index contributed by atoms with van der Waals surface area (Å²) in [5, 5.41) is 12.6. The average molecular weight is 405 g/mol. The number of pyridine rings is 1. The van der Waals surface area contributed by atoms with Crippen molar-refractivity contribution in [3.8, 4) is 16.9 Å². The van der Waals surface area contributed by atoms with E-state index < -0.39 is 5.97 Å². The summed E-state index contributed by atoms with van der Waals surface area (Å²) >= 11 is 0. The summed E-state index contributed by atoms with van der Waals surface area (Å²) in [6, 6.07) is 16.2. The summed E-state index contributed by atoms with van der Waals surface area (Å²) < 4.78 is 5.94. The summed E-state index contributed by atoms with van der Waals surface area (Å²) in [5.41, 5.74) is 5.50. The lowest BCUT2D eigenvalue weighted by molar-refractivity contribution is 0.0697. The number of aromatic nitrogens is 1. The van der Waals surface area contributed by atoms with Crippen LogP contribution in [0.25, 0.3) is 11.1 Å². The van der Waals surface area contributed by atoms with E-state index in [1.807, 2.05) is 26.0 Å². The Labute approximate surface area is 177 Å². The summed E-state index contributed by atoms with van der Waals surface area (Å²) in [5.74, 6) is 0.195. The van der Waals surface area contributed by atoms with Gasteiger partial charge >= 0.3 is 5.97 Å². The molecule has 0 radical (unpaired) electrons. The van der Waals surface area contributed by atoms with E-state index in [0.29, 0.717) is 18.8 Å². The maximum absolute atomic E-state index is 11.4. The Morgan fingerprint density at radius 2 is 2.00 bits per heavy atom. The molecule has 1 atom stereocenters. The second-order valence-corrected chi connectivity index (χ2v) is 7.01. The smallest absolute Gasteiger partial charge is 0.337 e. The maximum Gasteiger partial charge on any atom is 0.337 e. The van der Waals surface area contributed by atoms with Crippen LogP contribution in [-0.2, 0) is 0 Å². The van der Waals surface area contributed by atoms with Crippen LogP contribution >= 0.6 is 0 Å². The minimum atomic E-state index is -0.958. The van der Waals surface area contributed by atoms with Crippen molar-refractivity contribution in [1.82, 2.24) is 4.98 Å². The first-order valence-corrected chi connectivity index (χ1v) is 10.4. The highest BCUT2D eigenvalue weighted by atomic mass is 16.5. The number of nitrogens with one attached hydrogen (secondary N) is 1. The number of aromatic carboxylic acids is 1. The van der Waals surface area contributed by atoms with Gasteiger partial charge in [0.1, 0.15) is 5.75 Å². The number of rotatable bonds is 5. The van der Waals surface area contributed by atoms with Gasteiger partial charge in [-0.05, 0) is 47.7 Å². The number of carboxylic acids is 1. The second kappa shape index (κ2) is 9.92. The van der Waals surface area contributed by atoms with E-state index in [1.54, 1.807) is 6.20 Å². The van der Waals surface area contributed by atoms with E-state index in [-0.39, 0.29) is 11.5 Å². The zero-order valence-corrected chi connectivity index (χ0v) is 17.7. The molecule has 1 unspecified atom stereocenters. The Bertz CT molecular complexity index is 1020. The average Bonchev–Trinajstić information content (AvgIpc) is 2.79. The summed E-state index contributed by atoms with van der Waals surface area (Å²) in [6.45, 7) is 7.39. The van der Waals surface area contributed by atoms with Gasteiger partial charge in [0.05, 0.1) is 24.1 Å². The van der Waals surface area contributed by atoms with Gasteiger partial charge in [0.25, 0.3) is 0 Å². The standard InChI is InChI=1S/C23H22N2O3.C2H6/c1-15-4-2-3-5-18(15)16-6-7-19-17(9-11-28-22(19)12-16)13-25-21-14-24-10-8-20(21)23(26)27;1-2/h2-8,10,12,14,17,25H,9,11,13H2,1H3,(H,26,27);1-2H3. The number of carboxylic acid groups (broad SMARTS) is 1. The van der Waals surface area contributed by atoms with E-state index in [4.69, 9.17) is 4.74 Å². The molecule has 0 saturated carbocycles. The van der Waals surface area contributed by atoms with E-state index >= 15 is 0 Å². The Morgan fingerprint density at radius 3 is 2.77 bits per heavy atom. The van der Waals surface area contributed by atoms with Crippen molar-refractivity contribution in [2.45, 2.75) is 33.1 Å². The first-order chi connectivity index (χ1) is 14.6. The topological polar surface area (TPSA) is 71.5 Å². The molecule has 1 aliphatic rings. The van der Waals surface area contributed by atoms with Crippen LogP contribution in [0.4, 0.5) is 5.69 Å². The van der Waals surface area contributed by atoms with Crippen LogP contribution < -0.4 is 10.1 Å². The van der Waals surface area contributed by atoms with E-state index in [2.05, 4.69) is 47.6 Å². The number of anilines is 1. The first-order valence-electron chi connectivity index (χ1n) is 10.4. The maximum atomic E-state index is 11.4. The number of ether oxygens (including phenoxy) is 1. The lowest BCUT2D eigenvalue weighted by Gasteiger charge is -2.27. The van der Waals surface area contributed by atoms with Crippen LogP contribution in [0.3, 0.4) is 0 Å². The molecular formula is C25H28N2O3. The van der Waals surface area contributed by atoms with Crippen molar-refractivity contribution in [2.24, 2.45) is 0 Å². The molecule has 4 rings (SSSR count). The molecule has 2 heterocycles. The van der Waals surface area contributed by atoms with Crippen molar-refractivity contribution >= 4 is 11.7 Å². The molecule has 0 aliphatic carbocycles. The highest BCUT2D eigenvalue weighted by Gasteiger charge is 2.22. The van der Waals surface area contributed by atoms with E-state index in [1.165, 1.54) is 23.4 Å². The summed E-state index contributed by atoms with van der Waals surface area (Å²) in [6.07, 6.45) is 3.93. The Kier molecular flexibility index (Phi) is 7.07. The molecule has 1 aromatic heterocycles. The third kappa shape index (κ3) is 4.62. The predicted molar refractivity (Wildman–Crippen MR) is 121 cm³/mol. The summed E-state index contributed by atoms with van der Waals surface area (Å²) in [4.78, 5) is 15.4. The molecule has 5 heteroatoms. The minimum absolute atomic E-state index is 0.234. The fourth-order valence-electron chi connectivity index (χ4n) is 3.69. The van der Waals surface area contributed by atoms with Crippen LogP contribution in [-0.4, -0.2) is 29.2 Å². The molecule has 0 fully saturated rings. The molecule has 156 valence electrons. The number of fused-ring (bicyclic) bond motifs is 1. The number of aryl methyl sites for hydroxylation is 1. The molecule has 0 bridgehead atoms. The number of nitrogens with zero attached hydrogens (tertiary/aromatic N) is 1. The van der Waals surface area contributed by atoms with Crippen LogP contribution in [0, 0.1) is 6.92 Å². The van der Waals surface area contributed by atoms with Gasteiger partial charge in [-0.2, -0.15) is 0 Å². The largest absolute Gasteiger partial charge is 0.493 e. The number of hydrogen-bond acceptors (Lipinski definition) is 4. The number of benzene rings is 2. The van der Waals surface area contributed by atoms with Crippen LogP contribution in [0.1, 0.15) is 47.7 Å². The summed E-state index contributed by atoms with van der Waals surface area (Å²) in [7, 11) is 0. The van der Waals surface area contributed by atoms with Gasteiger partial charge in [-0.25, -0.2) is 4.79 Å². The molecule has 5 nitrogen and oxygen atoms in total. The quantitative estimate of drug-likeness (QED) is 0.566. The fourth-order valence-corrected chi connectivity index (χ4v) is 3.69. The molecule has 0 amide bonds. The van der Waals surface area contributed by atoms with Crippen molar-refractivity contribution in [3.63, 3.8) is 0 Å². The van der Waals surface area contributed by atoms with E-state index in [9.17, 15) is 9.90 Å². The number of carbonyl (C=O) groups is 1. The highest BCUT2D eigenvalue weighted by Crippen LogP contribution is 2.37. The Morgan fingerprint density at radius 1 is 1.20 bits per heavy atom. The Hall–Kier alpha value is -3.34. The molecule has 0 saturated heterocycles. The molecule has 2 aromatic carbocycles. The Balaban J connectivity index is 0.00000124. The molecular weight excluding hydrogens is 376 g/mol. The molecule has 3 aromatic rings. The van der Waals surface area contributed by atoms with Gasteiger partial charge in [0.2, 0.25) is 0 Å². The number of hydrogen-bond donors (Lipinski definition) is 2. The van der Waals surface area contributed by atoms with Gasteiger partial charge in [-0.1, -0.05) is 50.2 Å². The van der Waals surface area contributed by atoms with Crippen molar-refractivity contribution in [3.05, 3.63) is 77.6 Å². The predicted octanol–water partition coefficient (Wildman–Crippen LogP) is 5.76. The highest BCUT2D eigenvalue weighted by molar-refractivity contribution is 5.93. The van der Waals surface area contributed by atoms with Crippen LogP contribution in [0.15, 0.2) is 60.9 Å². The third-order valence-electron chi connectivity index (χ3n) is 5.22. The van der Waals surface area contributed by atoms with Gasteiger partial charge in [-0.3, -0.25) is 4.98 Å².